The molecule has 3 aromatic heterocycles. The van der Waals surface area contributed by atoms with Gasteiger partial charge in [0.15, 0.2) is 4.96 Å². The van der Waals surface area contributed by atoms with E-state index in [2.05, 4.69) is 28.4 Å². The van der Waals surface area contributed by atoms with E-state index in [4.69, 9.17) is 5.73 Å². The first kappa shape index (κ1) is 12.7. The molecule has 1 unspecified atom stereocenters. The molecule has 0 saturated heterocycles. The first-order valence-electron chi connectivity index (χ1n) is 6.14. The Kier molecular flexibility index (Phi) is 3.34. The van der Waals surface area contributed by atoms with Gasteiger partial charge in [-0.1, -0.05) is 18.3 Å². The third kappa shape index (κ3) is 2.41. The molecule has 7 heteroatoms. The van der Waals surface area contributed by atoms with Crippen LogP contribution in [0.1, 0.15) is 42.1 Å². The molecular weight excluding hydrogens is 278 g/mol. The summed E-state index contributed by atoms with van der Waals surface area (Å²) in [6.45, 7) is 4.22. The van der Waals surface area contributed by atoms with Crippen LogP contribution in [-0.4, -0.2) is 19.0 Å². The molecule has 3 aromatic rings. The van der Waals surface area contributed by atoms with E-state index in [-0.39, 0.29) is 6.04 Å². The van der Waals surface area contributed by atoms with Gasteiger partial charge >= 0.3 is 0 Å². The Morgan fingerprint density at radius 3 is 3.00 bits per heavy atom. The van der Waals surface area contributed by atoms with Crippen molar-refractivity contribution in [2.45, 2.75) is 32.2 Å². The Labute approximate surface area is 119 Å². The number of hydrogen-bond acceptors (Lipinski definition) is 6. The average Bonchev–Trinajstić information content (AvgIpc) is 3.01. The fraction of sp³-hybridized carbons (Fsp3) is 0.417. The molecular formula is C12H15N5S2. The van der Waals surface area contributed by atoms with Gasteiger partial charge in [0.05, 0.1) is 16.3 Å². The van der Waals surface area contributed by atoms with E-state index in [0.29, 0.717) is 5.92 Å². The average molecular weight is 293 g/mol. The number of hydrogen-bond donors (Lipinski definition) is 1. The Hall–Kier alpha value is -1.31. The van der Waals surface area contributed by atoms with E-state index in [1.54, 1.807) is 11.3 Å². The van der Waals surface area contributed by atoms with Crippen LogP contribution in [0.15, 0.2) is 17.8 Å². The van der Waals surface area contributed by atoms with Gasteiger partial charge in [0.1, 0.15) is 0 Å². The highest BCUT2D eigenvalue weighted by molar-refractivity contribution is 7.15. The molecule has 0 aliphatic heterocycles. The van der Waals surface area contributed by atoms with Crippen molar-refractivity contribution in [3.05, 3.63) is 34.0 Å². The lowest BCUT2D eigenvalue weighted by molar-refractivity contribution is 0.692. The number of thiazole rings is 1. The van der Waals surface area contributed by atoms with Gasteiger partial charge in [0.25, 0.3) is 0 Å². The van der Waals surface area contributed by atoms with Gasteiger partial charge in [-0.15, -0.1) is 16.4 Å². The fourth-order valence-corrected chi connectivity index (χ4v) is 3.58. The highest BCUT2D eigenvalue weighted by Gasteiger charge is 2.19. The minimum Gasteiger partial charge on any atom is -0.323 e. The van der Waals surface area contributed by atoms with Crippen molar-refractivity contribution in [3.8, 4) is 0 Å². The first-order valence-corrected chi connectivity index (χ1v) is 7.79. The first-order chi connectivity index (χ1) is 9.15. The maximum absolute atomic E-state index is 6.29. The molecule has 0 spiro atoms. The molecule has 0 saturated carbocycles. The van der Waals surface area contributed by atoms with E-state index in [9.17, 15) is 0 Å². The van der Waals surface area contributed by atoms with Crippen molar-refractivity contribution < 1.29 is 0 Å². The largest absolute Gasteiger partial charge is 0.323 e. The molecule has 0 radical (unpaired) electrons. The number of rotatable bonds is 4. The lowest BCUT2D eigenvalue weighted by Crippen LogP contribution is -2.14. The van der Waals surface area contributed by atoms with Crippen LogP contribution >= 0.6 is 22.9 Å². The van der Waals surface area contributed by atoms with Crippen molar-refractivity contribution in [1.82, 2.24) is 19.0 Å². The highest BCUT2D eigenvalue weighted by Crippen LogP contribution is 2.27. The number of nitrogens with zero attached hydrogens (tertiary/aromatic N) is 4. The summed E-state index contributed by atoms with van der Waals surface area (Å²) in [6, 6.07) is -0.0815. The van der Waals surface area contributed by atoms with Gasteiger partial charge in [-0.25, -0.2) is 4.98 Å². The maximum Gasteiger partial charge on any atom is 0.193 e. The predicted octanol–water partition coefficient (Wildman–Crippen LogP) is 2.61. The van der Waals surface area contributed by atoms with Crippen LogP contribution in [0.3, 0.4) is 0 Å². The molecule has 2 N–H and O–H groups in total. The summed E-state index contributed by atoms with van der Waals surface area (Å²) in [5, 5.41) is 6.20. The third-order valence-electron chi connectivity index (χ3n) is 3.00. The van der Waals surface area contributed by atoms with Crippen LogP contribution in [0.5, 0.6) is 0 Å². The van der Waals surface area contributed by atoms with Crippen LogP contribution < -0.4 is 5.73 Å². The molecule has 19 heavy (non-hydrogen) atoms. The summed E-state index contributed by atoms with van der Waals surface area (Å²) >= 11 is 3.03. The van der Waals surface area contributed by atoms with Gasteiger partial charge in [0.2, 0.25) is 0 Å². The van der Waals surface area contributed by atoms with E-state index in [0.717, 1.165) is 27.6 Å². The zero-order valence-corrected chi connectivity index (χ0v) is 12.4. The van der Waals surface area contributed by atoms with E-state index in [1.807, 2.05) is 22.2 Å². The molecule has 0 aliphatic carbocycles. The number of aromatic nitrogens is 4. The van der Waals surface area contributed by atoms with Gasteiger partial charge in [-0.3, -0.25) is 4.40 Å². The zero-order valence-electron chi connectivity index (χ0n) is 10.8. The minimum absolute atomic E-state index is 0.0815. The predicted molar refractivity (Wildman–Crippen MR) is 77.7 cm³/mol. The van der Waals surface area contributed by atoms with Gasteiger partial charge < -0.3 is 5.73 Å². The summed E-state index contributed by atoms with van der Waals surface area (Å²) in [5.74, 6) is 0.352. The fourth-order valence-electron chi connectivity index (χ4n) is 2.05. The maximum atomic E-state index is 6.29. The summed E-state index contributed by atoms with van der Waals surface area (Å²) < 4.78 is 6.06. The molecule has 5 nitrogen and oxygen atoms in total. The second-order valence-corrected chi connectivity index (χ2v) is 6.47. The van der Waals surface area contributed by atoms with E-state index < -0.39 is 0 Å². The molecule has 0 fully saturated rings. The van der Waals surface area contributed by atoms with Crippen molar-refractivity contribution in [3.63, 3.8) is 0 Å². The smallest absolute Gasteiger partial charge is 0.193 e. The molecule has 0 aliphatic rings. The van der Waals surface area contributed by atoms with Gasteiger partial charge in [0, 0.05) is 30.2 Å². The van der Waals surface area contributed by atoms with Gasteiger partial charge in [-0.2, -0.15) is 0 Å². The van der Waals surface area contributed by atoms with Crippen molar-refractivity contribution in [1.29, 1.82) is 0 Å². The molecule has 0 aromatic carbocycles. The summed E-state index contributed by atoms with van der Waals surface area (Å²) in [7, 11) is 0. The van der Waals surface area contributed by atoms with Crippen LogP contribution in [0.4, 0.5) is 0 Å². The summed E-state index contributed by atoms with van der Waals surface area (Å²) in [5.41, 5.74) is 8.31. The Bertz CT molecular complexity index is 652. The second kappa shape index (κ2) is 4.99. The van der Waals surface area contributed by atoms with Crippen LogP contribution in [0, 0.1) is 0 Å². The van der Waals surface area contributed by atoms with Crippen molar-refractivity contribution >= 4 is 27.8 Å². The quantitative estimate of drug-likeness (QED) is 0.803. The summed E-state index contributed by atoms with van der Waals surface area (Å²) in [4.78, 5) is 6.65. The van der Waals surface area contributed by atoms with Gasteiger partial charge in [-0.05, 0) is 17.5 Å². The number of fused-ring (bicyclic) bond motifs is 1. The van der Waals surface area contributed by atoms with E-state index >= 15 is 0 Å². The molecule has 0 bridgehead atoms. The zero-order chi connectivity index (χ0) is 13.4. The van der Waals surface area contributed by atoms with Crippen molar-refractivity contribution in [2.24, 2.45) is 5.73 Å². The van der Waals surface area contributed by atoms with Crippen molar-refractivity contribution in [2.75, 3.05) is 0 Å². The minimum atomic E-state index is -0.0815. The van der Waals surface area contributed by atoms with Crippen LogP contribution in [0.2, 0.25) is 0 Å². The van der Waals surface area contributed by atoms with E-state index in [1.165, 1.54) is 11.5 Å². The monoisotopic (exact) mass is 293 g/mol. The van der Waals surface area contributed by atoms with Crippen LogP contribution in [-0.2, 0) is 6.42 Å². The highest BCUT2D eigenvalue weighted by atomic mass is 32.1. The standard InChI is InChI=1S/C12H15N5S2/c1-7(2)10-11(19-16-15-10)9(13)5-8-6-17-3-4-18-12(17)14-8/h3-4,6-7,9H,5,13H2,1-2H3. The molecule has 3 rings (SSSR count). The lowest BCUT2D eigenvalue weighted by atomic mass is 10.0. The Morgan fingerprint density at radius 1 is 1.42 bits per heavy atom. The molecule has 100 valence electrons. The summed E-state index contributed by atoms with van der Waals surface area (Å²) in [6.07, 6.45) is 4.77. The normalized spacial score (nSPS) is 13.5. The topological polar surface area (TPSA) is 69.1 Å². The third-order valence-corrected chi connectivity index (χ3v) is 4.64. The molecule has 1 atom stereocenters. The number of nitrogens with two attached hydrogens (primary N) is 1. The lowest BCUT2D eigenvalue weighted by Gasteiger charge is -2.10. The van der Waals surface area contributed by atoms with Crippen LogP contribution in [0.25, 0.3) is 4.96 Å². The number of imidazole rings is 1. The molecule has 3 heterocycles. The Balaban J connectivity index is 1.82. The SMILES string of the molecule is CC(C)c1nnsc1C(N)Cc1cn2ccsc2n1. The molecule has 0 amide bonds. The second-order valence-electron chi connectivity index (χ2n) is 4.81. The Morgan fingerprint density at radius 2 is 2.26 bits per heavy atom.